The van der Waals surface area contributed by atoms with Crippen molar-refractivity contribution in [1.29, 1.82) is 0 Å². The summed E-state index contributed by atoms with van der Waals surface area (Å²) < 4.78 is 0. The van der Waals surface area contributed by atoms with Gasteiger partial charge in [-0.3, -0.25) is 0 Å². The average molecular weight is 114 g/mol. The molecule has 42 valence electrons. The molecule has 0 heterocycles. The summed E-state index contributed by atoms with van der Waals surface area (Å²) in [4.78, 5) is 0. The lowest BCUT2D eigenvalue weighted by atomic mass is 10.2. The SMILES string of the molecule is CC(C)=C(C)C[SiH3]. The highest BCUT2D eigenvalue weighted by molar-refractivity contribution is 6.10. The zero-order chi connectivity index (χ0) is 5.86. The van der Waals surface area contributed by atoms with E-state index in [1.807, 2.05) is 0 Å². The number of rotatable bonds is 1. The van der Waals surface area contributed by atoms with Crippen molar-refractivity contribution in [3.63, 3.8) is 0 Å². The van der Waals surface area contributed by atoms with Crippen LogP contribution in [0.2, 0.25) is 6.04 Å². The molecule has 0 radical (unpaired) electrons. The first-order chi connectivity index (χ1) is 3.18. The highest BCUT2D eigenvalue weighted by Gasteiger charge is 1.83. The first-order valence-electron chi connectivity index (χ1n) is 2.81. The highest BCUT2D eigenvalue weighted by atomic mass is 28.1. The standard InChI is InChI=1S/C6H14Si/c1-5(2)6(3)4-7/h4H2,1-3,7H3. The summed E-state index contributed by atoms with van der Waals surface area (Å²) in [5, 5.41) is 0. The molecule has 0 atom stereocenters. The van der Waals surface area contributed by atoms with Gasteiger partial charge in [0.25, 0.3) is 0 Å². The molecule has 0 rings (SSSR count). The smallest absolute Gasteiger partial charge is 0.00790 e. The van der Waals surface area contributed by atoms with Gasteiger partial charge in [-0.1, -0.05) is 11.1 Å². The summed E-state index contributed by atoms with van der Waals surface area (Å²) in [7, 11) is 1.31. The topological polar surface area (TPSA) is 0 Å². The van der Waals surface area contributed by atoms with Gasteiger partial charge >= 0.3 is 0 Å². The molecule has 0 aliphatic rings. The Morgan fingerprint density at radius 3 is 1.71 bits per heavy atom. The third-order valence-electron chi connectivity index (χ3n) is 1.38. The maximum absolute atomic E-state index is 2.21. The van der Waals surface area contributed by atoms with E-state index in [0.29, 0.717) is 0 Å². The van der Waals surface area contributed by atoms with Crippen molar-refractivity contribution in [2.75, 3.05) is 0 Å². The molecule has 0 spiro atoms. The van der Waals surface area contributed by atoms with Crippen LogP contribution in [-0.2, 0) is 0 Å². The molecule has 0 aliphatic carbocycles. The molecular formula is C6H14Si. The van der Waals surface area contributed by atoms with Gasteiger partial charge in [0.1, 0.15) is 0 Å². The zero-order valence-corrected chi connectivity index (χ0v) is 7.71. The average Bonchev–Trinajstić information content (AvgIpc) is 1.65. The van der Waals surface area contributed by atoms with E-state index in [-0.39, 0.29) is 0 Å². The van der Waals surface area contributed by atoms with Crippen molar-refractivity contribution in [3.8, 4) is 0 Å². The quantitative estimate of drug-likeness (QED) is 0.354. The molecule has 0 nitrogen and oxygen atoms in total. The molecule has 0 N–H and O–H groups in total. The third kappa shape index (κ3) is 2.63. The molecule has 0 aromatic rings. The minimum absolute atomic E-state index is 1.31. The Kier molecular flexibility index (Phi) is 3.01. The molecule has 7 heavy (non-hydrogen) atoms. The van der Waals surface area contributed by atoms with Crippen molar-refractivity contribution in [2.24, 2.45) is 0 Å². The minimum atomic E-state index is 1.31. The maximum Gasteiger partial charge on any atom is 0.00790 e. The van der Waals surface area contributed by atoms with E-state index in [2.05, 4.69) is 20.8 Å². The van der Waals surface area contributed by atoms with Crippen LogP contribution in [0.3, 0.4) is 0 Å². The van der Waals surface area contributed by atoms with Crippen LogP contribution in [0.5, 0.6) is 0 Å². The molecule has 0 amide bonds. The number of hydrogen-bond acceptors (Lipinski definition) is 0. The Bertz CT molecular complexity index is 78.2. The molecule has 0 bridgehead atoms. The van der Waals surface area contributed by atoms with E-state index >= 15 is 0 Å². The van der Waals surface area contributed by atoms with E-state index < -0.39 is 0 Å². The highest BCUT2D eigenvalue weighted by Crippen LogP contribution is 2.03. The zero-order valence-electron chi connectivity index (χ0n) is 5.71. The molecule has 1 heteroatoms. The summed E-state index contributed by atoms with van der Waals surface area (Å²) in [6.07, 6.45) is 0. The van der Waals surface area contributed by atoms with Crippen molar-refractivity contribution in [3.05, 3.63) is 11.1 Å². The predicted molar refractivity (Wildman–Crippen MR) is 38.8 cm³/mol. The third-order valence-corrected chi connectivity index (χ3v) is 2.44. The molecule has 0 saturated heterocycles. The lowest BCUT2D eigenvalue weighted by Crippen LogP contribution is -1.76. The molecule has 0 saturated carbocycles. The Hall–Kier alpha value is -0.0431. The van der Waals surface area contributed by atoms with Crippen LogP contribution in [0, 0.1) is 0 Å². The van der Waals surface area contributed by atoms with Gasteiger partial charge < -0.3 is 0 Å². The summed E-state index contributed by atoms with van der Waals surface area (Å²) in [6, 6.07) is 1.34. The van der Waals surface area contributed by atoms with Crippen molar-refractivity contribution in [1.82, 2.24) is 0 Å². The second-order valence-electron chi connectivity index (χ2n) is 2.13. The lowest BCUT2D eigenvalue weighted by molar-refractivity contribution is 1.23. The van der Waals surface area contributed by atoms with Crippen molar-refractivity contribution < 1.29 is 0 Å². The van der Waals surface area contributed by atoms with Gasteiger partial charge in [0.2, 0.25) is 0 Å². The van der Waals surface area contributed by atoms with Gasteiger partial charge in [0.05, 0.1) is 0 Å². The number of allylic oxidation sites excluding steroid dienone is 2. The summed E-state index contributed by atoms with van der Waals surface area (Å²) in [6.45, 7) is 6.56. The second-order valence-corrected chi connectivity index (χ2v) is 2.84. The fourth-order valence-corrected chi connectivity index (χ4v) is 1.06. The van der Waals surface area contributed by atoms with Gasteiger partial charge in [-0.2, -0.15) is 0 Å². The van der Waals surface area contributed by atoms with E-state index in [1.165, 1.54) is 21.9 Å². The maximum atomic E-state index is 2.21. The van der Waals surface area contributed by atoms with Crippen LogP contribution in [0.4, 0.5) is 0 Å². The van der Waals surface area contributed by atoms with E-state index in [4.69, 9.17) is 0 Å². The van der Waals surface area contributed by atoms with Gasteiger partial charge in [0.15, 0.2) is 0 Å². The fraction of sp³-hybridized carbons (Fsp3) is 0.667. The predicted octanol–water partition coefficient (Wildman–Crippen LogP) is 1.13. The van der Waals surface area contributed by atoms with Gasteiger partial charge in [-0.15, -0.1) is 0 Å². The van der Waals surface area contributed by atoms with Crippen LogP contribution >= 0.6 is 0 Å². The Morgan fingerprint density at radius 2 is 1.71 bits per heavy atom. The summed E-state index contributed by atoms with van der Waals surface area (Å²) in [5.41, 5.74) is 3.07. The van der Waals surface area contributed by atoms with E-state index in [9.17, 15) is 0 Å². The lowest BCUT2D eigenvalue weighted by Gasteiger charge is -1.94. The van der Waals surface area contributed by atoms with Crippen molar-refractivity contribution in [2.45, 2.75) is 26.8 Å². The molecular weight excluding hydrogens is 100 g/mol. The van der Waals surface area contributed by atoms with Crippen LogP contribution < -0.4 is 0 Å². The minimum Gasteiger partial charge on any atom is -0.0782 e. The van der Waals surface area contributed by atoms with Gasteiger partial charge in [0, 0.05) is 10.2 Å². The Labute approximate surface area is 49.0 Å². The van der Waals surface area contributed by atoms with E-state index in [1.54, 1.807) is 5.57 Å². The molecule has 0 aromatic heterocycles. The molecule has 0 aliphatic heterocycles. The number of hydrogen-bond donors (Lipinski definition) is 0. The summed E-state index contributed by atoms with van der Waals surface area (Å²) >= 11 is 0. The van der Waals surface area contributed by atoms with Crippen LogP contribution in [0.1, 0.15) is 20.8 Å². The van der Waals surface area contributed by atoms with Gasteiger partial charge in [-0.25, -0.2) is 0 Å². The van der Waals surface area contributed by atoms with Crippen LogP contribution in [0.25, 0.3) is 0 Å². The largest absolute Gasteiger partial charge is 0.0782 e. The molecule has 0 aromatic carbocycles. The molecule has 0 unspecified atom stereocenters. The first-order valence-corrected chi connectivity index (χ1v) is 4.22. The van der Waals surface area contributed by atoms with E-state index in [0.717, 1.165) is 0 Å². The first kappa shape index (κ1) is 6.96. The Balaban J connectivity index is 3.72. The van der Waals surface area contributed by atoms with Crippen molar-refractivity contribution >= 4 is 10.2 Å². The van der Waals surface area contributed by atoms with Gasteiger partial charge in [-0.05, 0) is 26.8 Å². The molecule has 0 fully saturated rings. The van der Waals surface area contributed by atoms with Crippen LogP contribution in [0.15, 0.2) is 11.1 Å². The second kappa shape index (κ2) is 3.02. The normalized spacial score (nSPS) is 9.00. The monoisotopic (exact) mass is 114 g/mol. The fourth-order valence-electron chi connectivity index (χ4n) is 0.354. The summed E-state index contributed by atoms with van der Waals surface area (Å²) in [5.74, 6) is 0. The Morgan fingerprint density at radius 1 is 1.29 bits per heavy atom. The van der Waals surface area contributed by atoms with Crippen LogP contribution in [-0.4, -0.2) is 10.2 Å².